The first-order valence-corrected chi connectivity index (χ1v) is 5.15. The molecule has 0 unspecified atom stereocenters. The van der Waals surface area contributed by atoms with Crippen LogP contribution in [0.3, 0.4) is 0 Å². The van der Waals surface area contributed by atoms with Gasteiger partial charge in [0.15, 0.2) is 11.5 Å². The van der Waals surface area contributed by atoms with E-state index < -0.39 is 17.8 Å². The molecule has 0 bridgehead atoms. The van der Waals surface area contributed by atoms with Crippen LogP contribution >= 0.6 is 0 Å². The van der Waals surface area contributed by atoms with E-state index in [4.69, 9.17) is 5.73 Å². The van der Waals surface area contributed by atoms with E-state index in [1.807, 2.05) is 0 Å². The molecule has 0 radical (unpaired) electrons. The van der Waals surface area contributed by atoms with Gasteiger partial charge in [-0.3, -0.25) is 0 Å². The molecule has 0 fully saturated rings. The maximum atomic E-state index is 12.5. The molecule has 0 aliphatic rings. The smallest absolute Gasteiger partial charge is 0.368 e. The van der Waals surface area contributed by atoms with Gasteiger partial charge in [0.05, 0.1) is 6.54 Å². The molecule has 19 heavy (non-hydrogen) atoms. The summed E-state index contributed by atoms with van der Waals surface area (Å²) < 4.78 is 39.2. The Balaban J connectivity index is 2.17. The number of halogens is 3. The van der Waals surface area contributed by atoms with Gasteiger partial charge in [-0.2, -0.15) is 18.2 Å². The van der Waals surface area contributed by atoms with Crippen molar-refractivity contribution in [3.63, 3.8) is 0 Å². The normalized spacial score (nSPS) is 11.6. The second-order valence-electron chi connectivity index (χ2n) is 3.71. The molecule has 7 nitrogen and oxygen atoms in total. The van der Waals surface area contributed by atoms with Crippen molar-refractivity contribution in [2.45, 2.75) is 12.7 Å². The number of aromatic nitrogens is 5. The van der Waals surface area contributed by atoms with Gasteiger partial charge < -0.3 is 15.6 Å². The highest BCUT2D eigenvalue weighted by molar-refractivity contribution is 5.41. The minimum Gasteiger partial charge on any atom is -0.368 e. The zero-order chi connectivity index (χ0) is 14.0. The lowest BCUT2D eigenvalue weighted by atomic mass is 10.3. The lowest BCUT2D eigenvalue weighted by Crippen LogP contribution is -2.13. The van der Waals surface area contributed by atoms with E-state index >= 15 is 0 Å². The Labute approximate surface area is 105 Å². The largest absolute Gasteiger partial charge is 0.433 e. The van der Waals surface area contributed by atoms with Crippen molar-refractivity contribution in [1.82, 2.24) is 24.7 Å². The van der Waals surface area contributed by atoms with E-state index in [1.165, 1.54) is 6.33 Å². The molecule has 2 rings (SSSR count). The summed E-state index contributed by atoms with van der Waals surface area (Å²) in [4.78, 5) is 6.81. The summed E-state index contributed by atoms with van der Waals surface area (Å²) in [6.07, 6.45) is -3.09. The first-order valence-electron chi connectivity index (χ1n) is 5.15. The number of nitrogens with one attached hydrogen (secondary N) is 1. The molecular weight excluding hydrogens is 263 g/mol. The molecule has 0 aromatic carbocycles. The molecule has 0 aliphatic heterocycles. The summed E-state index contributed by atoms with van der Waals surface area (Å²) in [5.74, 6) is 0.0730. The fraction of sp³-hybridized carbons (Fsp3) is 0.333. The van der Waals surface area contributed by atoms with Gasteiger partial charge in [0.2, 0.25) is 5.95 Å². The highest BCUT2D eigenvalue weighted by Crippen LogP contribution is 2.29. The Kier molecular flexibility index (Phi) is 3.23. The summed E-state index contributed by atoms with van der Waals surface area (Å²) in [5.41, 5.74) is 4.14. The molecule has 3 N–H and O–H groups in total. The topological polar surface area (TPSA) is 94.5 Å². The summed E-state index contributed by atoms with van der Waals surface area (Å²) in [6.45, 7) is 0.171. The highest BCUT2D eigenvalue weighted by atomic mass is 19.4. The first kappa shape index (κ1) is 13.1. The predicted octanol–water partition coefficient (Wildman–Crippen LogP) is 0.818. The minimum atomic E-state index is -4.57. The summed E-state index contributed by atoms with van der Waals surface area (Å²) in [7, 11) is 1.71. The predicted molar refractivity (Wildman–Crippen MR) is 59.8 cm³/mol. The number of anilines is 2. The molecule has 2 aromatic heterocycles. The quantitative estimate of drug-likeness (QED) is 0.859. The van der Waals surface area contributed by atoms with Crippen molar-refractivity contribution in [2.24, 2.45) is 7.05 Å². The molecule has 0 amide bonds. The molecule has 102 valence electrons. The van der Waals surface area contributed by atoms with Gasteiger partial charge in [-0.25, -0.2) is 4.98 Å². The number of rotatable bonds is 3. The van der Waals surface area contributed by atoms with Gasteiger partial charge in [-0.1, -0.05) is 0 Å². The zero-order valence-electron chi connectivity index (χ0n) is 9.81. The van der Waals surface area contributed by atoms with E-state index in [0.29, 0.717) is 5.82 Å². The number of hydrogen-bond acceptors (Lipinski definition) is 6. The average molecular weight is 273 g/mol. The molecule has 0 saturated carbocycles. The minimum absolute atomic E-state index is 0.0252. The number of nitrogens with zero attached hydrogens (tertiary/aromatic N) is 5. The van der Waals surface area contributed by atoms with Crippen molar-refractivity contribution < 1.29 is 13.2 Å². The van der Waals surface area contributed by atoms with E-state index in [1.54, 1.807) is 11.6 Å². The Morgan fingerprint density at radius 1 is 1.37 bits per heavy atom. The van der Waals surface area contributed by atoms with Crippen LogP contribution in [-0.4, -0.2) is 24.7 Å². The molecule has 2 aromatic rings. The standard InChI is InChI=1S/C9H10F3N7/c1-19-4-15-18-7(19)3-14-6-2-5(9(10,11)12)16-8(13)17-6/h2,4H,3H2,1H3,(H3,13,14,16,17). The number of nitrogens with two attached hydrogens (primary N) is 1. The van der Waals surface area contributed by atoms with Gasteiger partial charge in [0.25, 0.3) is 0 Å². The van der Waals surface area contributed by atoms with Gasteiger partial charge >= 0.3 is 6.18 Å². The number of alkyl halides is 3. The molecule has 0 saturated heterocycles. The van der Waals surface area contributed by atoms with Crippen molar-refractivity contribution in [3.8, 4) is 0 Å². The second kappa shape index (κ2) is 4.71. The maximum absolute atomic E-state index is 12.5. The molecule has 0 aliphatic carbocycles. The van der Waals surface area contributed by atoms with Crippen molar-refractivity contribution in [3.05, 3.63) is 23.9 Å². The van der Waals surface area contributed by atoms with E-state index in [0.717, 1.165) is 6.07 Å². The summed E-state index contributed by atoms with van der Waals surface area (Å²) >= 11 is 0. The molecule has 0 atom stereocenters. The van der Waals surface area contributed by atoms with Crippen LogP contribution in [0.4, 0.5) is 24.9 Å². The van der Waals surface area contributed by atoms with E-state index in [2.05, 4.69) is 25.5 Å². The fourth-order valence-electron chi connectivity index (χ4n) is 1.34. The number of aryl methyl sites for hydroxylation is 1. The van der Waals surface area contributed by atoms with Crippen LogP contribution in [0.1, 0.15) is 11.5 Å². The zero-order valence-corrected chi connectivity index (χ0v) is 9.81. The van der Waals surface area contributed by atoms with Gasteiger partial charge in [0, 0.05) is 13.1 Å². The second-order valence-corrected chi connectivity index (χ2v) is 3.71. The van der Waals surface area contributed by atoms with Crippen LogP contribution in [-0.2, 0) is 19.8 Å². The Bertz CT molecular complexity index is 577. The molecular formula is C9H10F3N7. The average Bonchev–Trinajstić information content (AvgIpc) is 2.70. The van der Waals surface area contributed by atoms with Gasteiger partial charge in [-0.15, -0.1) is 10.2 Å². The lowest BCUT2D eigenvalue weighted by Gasteiger charge is -2.09. The monoisotopic (exact) mass is 273 g/mol. The van der Waals surface area contributed by atoms with E-state index in [-0.39, 0.29) is 12.4 Å². The van der Waals surface area contributed by atoms with Crippen LogP contribution in [0.15, 0.2) is 12.4 Å². The fourth-order valence-corrected chi connectivity index (χ4v) is 1.34. The van der Waals surface area contributed by atoms with Crippen LogP contribution in [0.2, 0.25) is 0 Å². The third-order valence-corrected chi connectivity index (χ3v) is 2.27. The lowest BCUT2D eigenvalue weighted by molar-refractivity contribution is -0.141. The van der Waals surface area contributed by atoms with E-state index in [9.17, 15) is 13.2 Å². The summed E-state index contributed by atoms with van der Waals surface area (Å²) in [5, 5.41) is 10.1. The van der Waals surface area contributed by atoms with Crippen LogP contribution in [0.25, 0.3) is 0 Å². The van der Waals surface area contributed by atoms with Crippen LogP contribution in [0.5, 0.6) is 0 Å². The molecule has 2 heterocycles. The Hall–Kier alpha value is -2.39. The van der Waals surface area contributed by atoms with Crippen molar-refractivity contribution >= 4 is 11.8 Å². The number of nitrogen functional groups attached to an aromatic ring is 1. The third-order valence-electron chi connectivity index (χ3n) is 2.27. The third kappa shape index (κ3) is 3.09. The Morgan fingerprint density at radius 2 is 2.11 bits per heavy atom. The highest BCUT2D eigenvalue weighted by Gasteiger charge is 2.33. The van der Waals surface area contributed by atoms with Gasteiger partial charge in [0.1, 0.15) is 12.1 Å². The summed E-state index contributed by atoms with van der Waals surface area (Å²) in [6, 6.07) is 0.784. The van der Waals surface area contributed by atoms with Crippen LogP contribution < -0.4 is 11.1 Å². The maximum Gasteiger partial charge on any atom is 0.433 e. The van der Waals surface area contributed by atoms with Crippen molar-refractivity contribution in [2.75, 3.05) is 11.1 Å². The number of hydrogen-bond donors (Lipinski definition) is 2. The Morgan fingerprint density at radius 3 is 2.68 bits per heavy atom. The van der Waals surface area contributed by atoms with Crippen LogP contribution in [0, 0.1) is 0 Å². The SMILES string of the molecule is Cn1cnnc1CNc1cc(C(F)(F)F)nc(N)n1. The van der Waals surface area contributed by atoms with Crippen molar-refractivity contribution in [1.29, 1.82) is 0 Å². The molecule has 10 heteroatoms. The van der Waals surface area contributed by atoms with Gasteiger partial charge in [-0.05, 0) is 0 Å². The molecule has 0 spiro atoms. The first-order chi connectivity index (χ1) is 8.86.